The third kappa shape index (κ3) is 4.33. The largest absolute Gasteiger partial charge is 0.334 e. The number of rotatable bonds is 4. The second-order valence-corrected chi connectivity index (χ2v) is 10.7. The summed E-state index contributed by atoms with van der Waals surface area (Å²) >= 11 is 5.96. The summed E-state index contributed by atoms with van der Waals surface area (Å²) in [7, 11) is -3.11. The molecule has 2 heterocycles. The van der Waals surface area contributed by atoms with Gasteiger partial charge in [-0.15, -0.1) is 0 Å². The van der Waals surface area contributed by atoms with Crippen LogP contribution in [0.2, 0.25) is 5.02 Å². The van der Waals surface area contributed by atoms with E-state index < -0.39 is 9.84 Å². The molecule has 0 spiro atoms. The zero-order chi connectivity index (χ0) is 20.6. The lowest BCUT2D eigenvalue weighted by atomic mass is 9.93. The lowest BCUT2D eigenvalue weighted by Crippen LogP contribution is -2.50. The summed E-state index contributed by atoms with van der Waals surface area (Å²) in [6.07, 6.45) is 6.80. The van der Waals surface area contributed by atoms with Gasteiger partial charge in [-0.25, -0.2) is 13.4 Å². The minimum Gasteiger partial charge on any atom is -0.334 e. The highest BCUT2D eigenvalue weighted by molar-refractivity contribution is 7.91. The Morgan fingerprint density at radius 2 is 1.93 bits per heavy atom. The van der Waals surface area contributed by atoms with Crippen molar-refractivity contribution in [3.8, 4) is 0 Å². The SMILES string of the molecule is O=C(Cn1cnc2cc(Cl)ccc2c1=O)N(C1CCCCC1)C1CCS(=O)(=O)C1. The van der Waals surface area contributed by atoms with Crippen LogP contribution in [0.5, 0.6) is 0 Å². The van der Waals surface area contributed by atoms with Crippen LogP contribution in [0.15, 0.2) is 29.3 Å². The summed E-state index contributed by atoms with van der Waals surface area (Å²) < 4.78 is 25.3. The van der Waals surface area contributed by atoms with Crippen LogP contribution in [0.1, 0.15) is 38.5 Å². The molecule has 2 fully saturated rings. The molecule has 1 aromatic carbocycles. The lowest BCUT2D eigenvalue weighted by molar-refractivity contribution is -0.137. The maximum Gasteiger partial charge on any atom is 0.261 e. The van der Waals surface area contributed by atoms with Crippen LogP contribution in [-0.2, 0) is 21.2 Å². The predicted molar refractivity (Wildman–Crippen MR) is 112 cm³/mol. The molecule has 2 aromatic rings. The van der Waals surface area contributed by atoms with Crippen molar-refractivity contribution < 1.29 is 13.2 Å². The second-order valence-electron chi connectivity index (χ2n) is 7.99. The number of amides is 1. The van der Waals surface area contributed by atoms with Crippen molar-refractivity contribution in [1.82, 2.24) is 14.5 Å². The maximum atomic E-state index is 13.3. The van der Waals surface area contributed by atoms with E-state index in [9.17, 15) is 18.0 Å². The molecule has 1 saturated heterocycles. The van der Waals surface area contributed by atoms with E-state index in [0.717, 1.165) is 32.1 Å². The number of aromatic nitrogens is 2. The van der Waals surface area contributed by atoms with E-state index in [0.29, 0.717) is 22.3 Å². The van der Waals surface area contributed by atoms with E-state index in [1.165, 1.54) is 10.9 Å². The Kier molecular flexibility index (Phi) is 5.66. The molecule has 1 aliphatic carbocycles. The number of sulfone groups is 1. The van der Waals surface area contributed by atoms with Gasteiger partial charge in [-0.2, -0.15) is 0 Å². The van der Waals surface area contributed by atoms with Gasteiger partial charge in [0, 0.05) is 17.1 Å². The standard InChI is InChI=1S/C20H24ClN3O4S/c21-14-6-7-17-18(10-14)22-13-23(20(17)26)11-19(25)24(15-4-2-1-3-5-15)16-8-9-29(27,28)12-16/h6-7,10,13,15-16H,1-5,8-9,11-12H2. The summed E-state index contributed by atoms with van der Waals surface area (Å²) in [4.78, 5) is 32.1. The minimum absolute atomic E-state index is 0.0125. The molecule has 1 aliphatic heterocycles. The van der Waals surface area contributed by atoms with E-state index >= 15 is 0 Å². The molecule has 1 saturated carbocycles. The highest BCUT2D eigenvalue weighted by atomic mass is 35.5. The number of carbonyl (C=O) groups excluding carboxylic acids is 1. The van der Waals surface area contributed by atoms with Crippen LogP contribution in [0.4, 0.5) is 0 Å². The normalized spacial score (nSPS) is 22.0. The Labute approximate surface area is 174 Å². The average molecular weight is 438 g/mol. The zero-order valence-electron chi connectivity index (χ0n) is 16.1. The first-order chi connectivity index (χ1) is 13.8. The van der Waals surface area contributed by atoms with Crippen LogP contribution in [0, 0.1) is 0 Å². The Hall–Kier alpha value is -1.93. The molecule has 1 atom stereocenters. The molecule has 29 heavy (non-hydrogen) atoms. The van der Waals surface area contributed by atoms with Gasteiger partial charge in [-0.1, -0.05) is 30.9 Å². The molecule has 9 heteroatoms. The van der Waals surface area contributed by atoms with E-state index in [1.807, 2.05) is 0 Å². The number of carbonyl (C=O) groups is 1. The van der Waals surface area contributed by atoms with Crippen LogP contribution in [0.25, 0.3) is 10.9 Å². The smallest absolute Gasteiger partial charge is 0.261 e. The Balaban J connectivity index is 1.62. The van der Waals surface area contributed by atoms with Crippen molar-refractivity contribution in [2.24, 2.45) is 0 Å². The van der Waals surface area contributed by atoms with Crippen molar-refractivity contribution in [2.45, 2.75) is 57.2 Å². The molecule has 1 aromatic heterocycles. The highest BCUT2D eigenvalue weighted by Crippen LogP contribution is 2.28. The van der Waals surface area contributed by atoms with E-state index in [2.05, 4.69) is 4.98 Å². The summed E-state index contributed by atoms with van der Waals surface area (Å²) in [5, 5.41) is 0.890. The minimum atomic E-state index is -3.11. The molecule has 1 unspecified atom stereocenters. The quantitative estimate of drug-likeness (QED) is 0.732. The first kappa shape index (κ1) is 20.3. The van der Waals surface area contributed by atoms with E-state index in [1.54, 1.807) is 23.1 Å². The van der Waals surface area contributed by atoms with Crippen LogP contribution < -0.4 is 5.56 Å². The van der Waals surface area contributed by atoms with Gasteiger partial charge in [0.1, 0.15) is 6.54 Å². The van der Waals surface area contributed by atoms with Crippen molar-refractivity contribution in [3.05, 3.63) is 39.9 Å². The van der Waals surface area contributed by atoms with Crippen molar-refractivity contribution in [1.29, 1.82) is 0 Å². The topological polar surface area (TPSA) is 89.3 Å². The molecule has 156 valence electrons. The summed E-state index contributed by atoms with van der Waals surface area (Å²) in [6.45, 7) is -0.141. The first-order valence-corrected chi connectivity index (χ1v) is 12.2. The fourth-order valence-corrected chi connectivity index (χ4v) is 6.41. The fourth-order valence-electron chi connectivity index (χ4n) is 4.53. The zero-order valence-corrected chi connectivity index (χ0v) is 17.7. The molecule has 2 aliphatic rings. The Morgan fingerprint density at radius 1 is 1.17 bits per heavy atom. The monoisotopic (exact) mass is 437 g/mol. The first-order valence-electron chi connectivity index (χ1n) is 10.0. The van der Waals surface area contributed by atoms with Gasteiger partial charge >= 0.3 is 0 Å². The van der Waals surface area contributed by atoms with E-state index in [4.69, 9.17) is 11.6 Å². The van der Waals surface area contributed by atoms with Crippen LogP contribution >= 0.6 is 11.6 Å². The summed E-state index contributed by atoms with van der Waals surface area (Å²) in [5.41, 5.74) is 0.180. The molecule has 0 bridgehead atoms. The van der Waals surface area contributed by atoms with Crippen molar-refractivity contribution in [3.63, 3.8) is 0 Å². The third-order valence-corrected chi connectivity index (χ3v) is 7.94. The van der Waals surface area contributed by atoms with Crippen LogP contribution in [0.3, 0.4) is 0 Å². The number of halogens is 1. The molecule has 7 nitrogen and oxygen atoms in total. The van der Waals surface area contributed by atoms with Gasteiger partial charge in [-0.3, -0.25) is 14.2 Å². The second kappa shape index (κ2) is 8.07. The average Bonchev–Trinajstić information content (AvgIpc) is 3.04. The number of benzene rings is 1. The molecule has 0 N–H and O–H groups in total. The molecule has 1 amide bonds. The van der Waals surface area contributed by atoms with Gasteiger partial charge in [0.05, 0.1) is 28.7 Å². The van der Waals surface area contributed by atoms with E-state index in [-0.39, 0.29) is 41.6 Å². The molecule has 0 radical (unpaired) electrons. The van der Waals surface area contributed by atoms with Crippen LogP contribution in [-0.4, -0.2) is 52.4 Å². The lowest BCUT2D eigenvalue weighted by Gasteiger charge is -2.38. The van der Waals surface area contributed by atoms with Gasteiger partial charge < -0.3 is 4.90 Å². The fraction of sp³-hybridized carbons (Fsp3) is 0.550. The Bertz CT molecular complexity index is 1090. The number of hydrogen-bond acceptors (Lipinski definition) is 5. The Morgan fingerprint density at radius 3 is 2.62 bits per heavy atom. The van der Waals surface area contributed by atoms with Gasteiger partial charge in [0.2, 0.25) is 5.91 Å². The molecule has 4 rings (SSSR count). The summed E-state index contributed by atoms with van der Waals surface area (Å²) in [5.74, 6) is -0.0819. The molecular weight excluding hydrogens is 414 g/mol. The predicted octanol–water partition coefficient (Wildman–Crippen LogP) is 2.40. The number of nitrogens with zero attached hydrogens (tertiary/aromatic N) is 3. The third-order valence-electron chi connectivity index (χ3n) is 5.95. The van der Waals surface area contributed by atoms with Gasteiger partial charge in [-0.05, 0) is 37.5 Å². The maximum absolute atomic E-state index is 13.3. The van der Waals surface area contributed by atoms with Gasteiger partial charge in [0.15, 0.2) is 9.84 Å². The van der Waals surface area contributed by atoms with Crippen molar-refractivity contribution >= 4 is 38.2 Å². The van der Waals surface area contributed by atoms with Crippen molar-refractivity contribution in [2.75, 3.05) is 11.5 Å². The molecular formula is C20H24ClN3O4S. The number of hydrogen-bond donors (Lipinski definition) is 0. The highest BCUT2D eigenvalue weighted by Gasteiger charge is 2.38. The van der Waals surface area contributed by atoms with Gasteiger partial charge in [0.25, 0.3) is 5.56 Å². The number of fused-ring (bicyclic) bond motifs is 1. The summed E-state index contributed by atoms with van der Waals surface area (Å²) in [6, 6.07) is 4.58.